The fourth-order valence-electron chi connectivity index (χ4n) is 7.60. The highest BCUT2D eigenvalue weighted by atomic mass is 16.7. The molecule has 5 heterocycles. The molecule has 20 atom stereocenters. The van der Waals surface area contributed by atoms with Crippen molar-refractivity contribution in [3.05, 3.63) is 30.5 Å². The smallest absolute Gasteiger partial charge is 0.335 e. The first-order chi connectivity index (χ1) is 29.1. The summed E-state index contributed by atoms with van der Waals surface area (Å²) in [4.78, 5) is 25.5. The van der Waals surface area contributed by atoms with Gasteiger partial charge in [0.25, 0.3) is 5.91 Å². The maximum Gasteiger partial charge on any atom is 0.335 e. The van der Waals surface area contributed by atoms with Gasteiger partial charge in [-0.1, -0.05) is 24.3 Å². The van der Waals surface area contributed by atoms with Crippen LogP contribution in [0.15, 0.2) is 30.5 Å². The normalized spacial score (nSPS) is 41.9. The fraction of sp³-hybridized carbons (Fsp3) is 0.714. The van der Waals surface area contributed by atoms with Gasteiger partial charge in [-0.25, -0.2) is 4.79 Å². The minimum atomic E-state index is -2.00. The van der Waals surface area contributed by atoms with Gasteiger partial charge in [0.1, 0.15) is 42.7 Å². The highest BCUT2D eigenvalue weighted by Gasteiger charge is 2.52. The van der Waals surface area contributed by atoms with E-state index in [2.05, 4.69) is 21.0 Å². The van der Waals surface area contributed by atoms with E-state index in [4.69, 9.17) is 44.6 Å². The van der Waals surface area contributed by atoms with Crippen LogP contribution < -0.4 is 22.3 Å². The lowest BCUT2D eigenvalue weighted by Gasteiger charge is -2.46. The van der Waals surface area contributed by atoms with E-state index in [1.165, 1.54) is 6.20 Å². The molecule has 26 heteroatoms. The van der Waals surface area contributed by atoms with Gasteiger partial charge in [-0.3, -0.25) is 15.6 Å². The molecular formula is C35H52N6O20. The number of aliphatic hydroxyl groups is 10. The average Bonchev–Trinajstić information content (AvgIpc) is 3.25. The summed E-state index contributed by atoms with van der Waals surface area (Å²) in [5.74, 6) is -6.25. The number of aliphatic hydroxyl groups excluding tert-OH is 10. The molecule has 1 aromatic heterocycles. The maximum absolute atomic E-state index is 13.9. The topological polar surface area (TPSA) is 423 Å². The number of nitrogens with two attached hydrogens (primary N) is 2. The molecule has 0 radical (unpaired) electrons. The molecule has 0 aliphatic carbocycles. The van der Waals surface area contributed by atoms with Crippen LogP contribution in [0.2, 0.25) is 0 Å². The van der Waals surface area contributed by atoms with Crippen molar-refractivity contribution >= 4 is 28.5 Å². The van der Waals surface area contributed by atoms with Crippen LogP contribution in [0, 0.1) is 17.8 Å². The first kappa shape index (κ1) is 47.0. The Morgan fingerprint density at radius 1 is 0.656 bits per heavy atom. The Labute approximate surface area is 345 Å². The number of carbonyl (C=O) groups is 2. The van der Waals surface area contributed by atoms with Crippen LogP contribution in [0.25, 0.3) is 10.8 Å². The Bertz CT molecular complexity index is 1770. The molecule has 2 aromatic rings. The van der Waals surface area contributed by atoms with Crippen LogP contribution >= 0.6 is 0 Å². The minimum Gasteiger partial charge on any atom is -0.479 e. The number of rotatable bonds is 15. The van der Waals surface area contributed by atoms with Gasteiger partial charge in [0, 0.05) is 28.5 Å². The molecule has 26 nitrogen and oxygen atoms in total. The monoisotopic (exact) mass is 876 g/mol. The second kappa shape index (κ2) is 20.4. The number of anilines is 1. The number of hydrazine groups is 1. The molecule has 4 aliphatic heterocycles. The van der Waals surface area contributed by atoms with Crippen LogP contribution in [0.5, 0.6) is 0 Å². The van der Waals surface area contributed by atoms with Crippen LogP contribution in [-0.4, -0.2) is 216 Å². The number of benzene rings is 1. The van der Waals surface area contributed by atoms with E-state index >= 15 is 0 Å². The summed E-state index contributed by atoms with van der Waals surface area (Å²) in [7, 11) is 0. The van der Waals surface area contributed by atoms with Crippen LogP contribution in [-0.2, 0) is 42.7 Å². The van der Waals surface area contributed by atoms with Crippen molar-refractivity contribution in [1.29, 1.82) is 0 Å². The first-order valence-electron chi connectivity index (χ1n) is 19.2. The predicted octanol–water partition coefficient (Wildman–Crippen LogP) is -7.89. The molecule has 0 saturated carbocycles. The second-order valence-electron chi connectivity index (χ2n) is 15.1. The van der Waals surface area contributed by atoms with Crippen LogP contribution in [0.4, 0.5) is 5.82 Å². The second-order valence-corrected chi connectivity index (χ2v) is 15.1. The number of ether oxygens (including phenoxy) is 7. The number of nitrogens with one attached hydrogen (secondary N) is 2. The Balaban J connectivity index is 1.18. The summed E-state index contributed by atoms with van der Waals surface area (Å²) in [5.41, 5.74) is 17.5. The van der Waals surface area contributed by atoms with Gasteiger partial charge >= 0.3 is 5.97 Å². The molecule has 6 rings (SSSR count). The number of carbonyl (C=O) groups excluding carboxylic acids is 1. The minimum absolute atomic E-state index is 0.127. The molecule has 4 aliphatic rings. The summed E-state index contributed by atoms with van der Waals surface area (Å²) in [6.45, 7) is -3.27. The van der Waals surface area contributed by atoms with Crippen molar-refractivity contribution < 1.29 is 98.9 Å². The van der Waals surface area contributed by atoms with Crippen LogP contribution in [0.1, 0.15) is 0 Å². The highest BCUT2D eigenvalue weighted by molar-refractivity contribution is 5.92. The number of aromatic nitrogens is 2. The van der Waals surface area contributed by atoms with E-state index < -0.39 is 167 Å². The van der Waals surface area contributed by atoms with E-state index in [0.29, 0.717) is 10.8 Å². The Kier molecular flexibility index (Phi) is 15.7. The highest BCUT2D eigenvalue weighted by Crippen LogP contribution is 2.33. The molecule has 17 N–H and O–H groups in total. The third kappa shape index (κ3) is 10.0. The van der Waals surface area contributed by atoms with Gasteiger partial charge in [0.05, 0.1) is 69.6 Å². The molecule has 0 bridgehead atoms. The maximum atomic E-state index is 13.9. The average molecular weight is 877 g/mol. The van der Waals surface area contributed by atoms with Crippen molar-refractivity contribution in [3.8, 4) is 0 Å². The summed E-state index contributed by atoms with van der Waals surface area (Å²) >= 11 is 0. The lowest BCUT2D eigenvalue weighted by atomic mass is 9.87. The molecule has 1 aromatic carbocycles. The van der Waals surface area contributed by atoms with Crippen molar-refractivity contribution in [1.82, 2.24) is 15.6 Å². The molecule has 61 heavy (non-hydrogen) atoms. The zero-order chi connectivity index (χ0) is 44.3. The Hall–Kier alpha value is -3.46. The van der Waals surface area contributed by atoms with Crippen molar-refractivity contribution in [2.24, 2.45) is 29.2 Å². The molecule has 1 amide bonds. The zero-order valence-electron chi connectivity index (χ0n) is 32.1. The third-order valence-corrected chi connectivity index (χ3v) is 11.3. The van der Waals surface area contributed by atoms with Gasteiger partial charge in [-0.05, 0) is 0 Å². The van der Waals surface area contributed by atoms with Gasteiger partial charge < -0.3 is 101 Å². The van der Waals surface area contributed by atoms with Gasteiger partial charge in [-0.15, -0.1) is 5.10 Å². The van der Waals surface area contributed by atoms with E-state index in [-0.39, 0.29) is 5.82 Å². The number of aliphatic carboxylic acids is 1. The van der Waals surface area contributed by atoms with E-state index in [1.54, 1.807) is 24.3 Å². The number of amides is 1. The lowest BCUT2D eigenvalue weighted by molar-refractivity contribution is -0.315. The first-order valence-corrected chi connectivity index (χ1v) is 19.2. The summed E-state index contributed by atoms with van der Waals surface area (Å²) in [6.07, 6.45) is -24.3. The number of hydrogen-bond donors (Lipinski definition) is 15. The molecule has 4 saturated heterocycles. The quantitative estimate of drug-likeness (QED) is 0.0739. The van der Waals surface area contributed by atoms with E-state index in [1.807, 2.05) is 0 Å². The fourth-order valence-corrected chi connectivity index (χ4v) is 7.60. The van der Waals surface area contributed by atoms with E-state index in [0.717, 1.165) is 0 Å². The third-order valence-electron chi connectivity index (χ3n) is 11.3. The lowest BCUT2D eigenvalue weighted by Crippen LogP contribution is -2.64. The summed E-state index contributed by atoms with van der Waals surface area (Å²) in [6, 6.07) is 4.37. The van der Waals surface area contributed by atoms with Gasteiger partial charge in [0.15, 0.2) is 37.1 Å². The standard InChI is InChI=1S/C35H52N6O20/c36-18-13(20(44)16(6-42)58-32(18)54)8-56-34-25(49)22(46)15(27(60-34)30(51)41-40-29-12-4-2-1-3-11(12)5-38-39-29)10-55-33-19(37)14(21(45)17(7-43)59-33)9-57-35-26(50)23(47)24(48)28(61-35)31(52)53/h1-5,13-28,32-35,42-50,54H,6-10,36-37H2,(H,39,40)(H,41,51)(H,52,53)/t13-,14-,15-,16?,17?,18?,19?,20-,21-,22+,23+,24-,25?,26?,27?,28?,32-,33-,34-,35-/m1/s1. The predicted molar refractivity (Wildman–Crippen MR) is 196 cm³/mol. The summed E-state index contributed by atoms with van der Waals surface area (Å²) in [5, 5.41) is 123. The number of fused-ring (bicyclic) bond motifs is 1. The molecule has 342 valence electrons. The zero-order valence-corrected chi connectivity index (χ0v) is 32.1. The van der Waals surface area contributed by atoms with Crippen molar-refractivity contribution in [3.63, 3.8) is 0 Å². The largest absolute Gasteiger partial charge is 0.479 e. The number of hydrogen-bond acceptors (Lipinski definition) is 24. The molecule has 8 unspecified atom stereocenters. The Morgan fingerprint density at radius 2 is 1.21 bits per heavy atom. The van der Waals surface area contributed by atoms with Gasteiger partial charge in [-0.2, -0.15) is 5.10 Å². The SMILES string of the molecule is NC1[C@H](OC[C@H]2C(C(=O)NNc3nncc4ccccc34)O[C@@H](OC[C@@H]3C(N)[C@H](O)OC(CO)[C@@H]3O)C(O)[C@H]2O)OC(CO)[C@H](O)[C@@H]1CO[C@@H]1OC(C(=O)O)[C@H](O)[C@H](O)C1O. The van der Waals surface area contributed by atoms with Crippen LogP contribution in [0.3, 0.4) is 0 Å². The Morgan fingerprint density at radius 3 is 1.85 bits per heavy atom. The van der Waals surface area contributed by atoms with E-state index in [9.17, 15) is 65.8 Å². The van der Waals surface area contributed by atoms with Crippen molar-refractivity contribution in [2.45, 2.75) is 104 Å². The van der Waals surface area contributed by atoms with Gasteiger partial charge in [0.2, 0.25) is 0 Å². The molecule has 0 spiro atoms. The van der Waals surface area contributed by atoms with Crippen molar-refractivity contribution in [2.75, 3.05) is 38.5 Å². The molecular weight excluding hydrogens is 824 g/mol. The number of carboxylic acid groups (broad SMARTS) is 1. The summed E-state index contributed by atoms with van der Waals surface area (Å²) < 4.78 is 39.0. The molecule has 4 fully saturated rings. The number of nitrogens with zero attached hydrogens (tertiary/aromatic N) is 2. The number of carboxylic acids is 1.